The van der Waals surface area contributed by atoms with Crippen LogP contribution in [0.2, 0.25) is 0 Å². The summed E-state index contributed by atoms with van der Waals surface area (Å²) < 4.78 is 41.9. The van der Waals surface area contributed by atoms with E-state index in [9.17, 15) is 17.8 Å². The second kappa shape index (κ2) is 7.49. The third-order valence-electron chi connectivity index (χ3n) is 2.06. The molecule has 0 aromatic heterocycles. The molecule has 2 atom stereocenters. The molecular formula is C8H18NO6PS2. The third kappa shape index (κ3) is 8.10. The second-order valence-electron chi connectivity index (χ2n) is 3.85. The van der Waals surface area contributed by atoms with Gasteiger partial charge < -0.3 is 10.2 Å². The zero-order valence-electron chi connectivity index (χ0n) is 10.2. The summed E-state index contributed by atoms with van der Waals surface area (Å²) in [5.41, 5.74) is 0. The van der Waals surface area contributed by atoms with Crippen molar-refractivity contribution in [1.82, 2.24) is 5.32 Å². The molecule has 0 radical (unpaired) electrons. The number of amides is 1. The molecule has 0 aliphatic heterocycles. The molecule has 0 aliphatic rings. The largest absolute Gasteiger partial charge is 0.354 e. The van der Waals surface area contributed by atoms with E-state index in [1.165, 1.54) is 11.8 Å². The highest BCUT2D eigenvalue weighted by Crippen LogP contribution is 2.33. The van der Waals surface area contributed by atoms with Gasteiger partial charge in [-0.3, -0.25) is 13.9 Å². The first-order valence-corrected chi connectivity index (χ1v) is 10.3. The average molecular weight is 319 g/mol. The third-order valence-corrected chi connectivity index (χ3v) is 4.93. The zero-order chi connectivity index (χ0) is 14.4. The van der Waals surface area contributed by atoms with Crippen molar-refractivity contribution in [2.24, 2.45) is 0 Å². The molecule has 0 aliphatic carbocycles. The molecule has 0 aromatic rings. The fourth-order valence-electron chi connectivity index (χ4n) is 1.14. The molecule has 18 heavy (non-hydrogen) atoms. The van der Waals surface area contributed by atoms with Crippen molar-refractivity contribution in [1.29, 1.82) is 0 Å². The van der Waals surface area contributed by atoms with E-state index in [2.05, 4.69) is 5.32 Å². The highest BCUT2D eigenvalue weighted by molar-refractivity contribution is 7.98. The first-order valence-electron chi connectivity index (χ1n) is 5.10. The fourth-order valence-corrected chi connectivity index (χ4v) is 3.06. The van der Waals surface area contributed by atoms with Crippen molar-refractivity contribution in [3.8, 4) is 0 Å². The quantitative estimate of drug-likeness (QED) is 0.426. The molecule has 3 N–H and O–H groups in total. The maximum atomic E-state index is 11.6. The van der Waals surface area contributed by atoms with Crippen LogP contribution in [0.15, 0.2) is 0 Å². The van der Waals surface area contributed by atoms with Crippen LogP contribution in [-0.2, 0) is 19.5 Å². The van der Waals surface area contributed by atoms with Gasteiger partial charge in [0.25, 0.3) is 10.1 Å². The Morgan fingerprint density at radius 1 is 1.50 bits per heavy atom. The molecule has 0 saturated heterocycles. The zero-order valence-corrected chi connectivity index (χ0v) is 12.7. The Labute approximate surface area is 111 Å². The lowest BCUT2D eigenvalue weighted by Crippen LogP contribution is -2.41. The number of nitrogens with one attached hydrogen (secondary N) is 1. The van der Waals surface area contributed by atoms with Gasteiger partial charge in [0, 0.05) is 19.4 Å². The van der Waals surface area contributed by atoms with Gasteiger partial charge in [-0.1, -0.05) is 0 Å². The Morgan fingerprint density at radius 3 is 2.44 bits per heavy atom. The summed E-state index contributed by atoms with van der Waals surface area (Å²) in [6.45, 7) is 1.04. The van der Waals surface area contributed by atoms with Gasteiger partial charge in [-0.25, -0.2) is 0 Å². The van der Waals surface area contributed by atoms with E-state index >= 15 is 0 Å². The Hall–Kier alpha value is -0.0800. The summed E-state index contributed by atoms with van der Waals surface area (Å²) in [6, 6.07) is 0. The normalized spacial score (nSPS) is 16.9. The Morgan fingerprint density at radius 2 is 2.06 bits per heavy atom. The summed E-state index contributed by atoms with van der Waals surface area (Å²) in [5, 5.41) is 0.707. The van der Waals surface area contributed by atoms with E-state index in [-0.39, 0.29) is 19.1 Å². The number of hydrogen-bond donors (Lipinski definition) is 3. The minimum atomic E-state index is -4.46. The van der Waals surface area contributed by atoms with Gasteiger partial charge in [-0.2, -0.15) is 20.2 Å². The fraction of sp³-hybridized carbons (Fsp3) is 0.875. The van der Waals surface area contributed by atoms with E-state index in [1.807, 2.05) is 0 Å². The van der Waals surface area contributed by atoms with Crippen LogP contribution in [0.1, 0.15) is 6.42 Å². The highest BCUT2D eigenvalue weighted by atomic mass is 32.2. The second-order valence-corrected chi connectivity index (χ2v) is 8.98. The van der Waals surface area contributed by atoms with E-state index in [0.717, 1.165) is 6.66 Å². The topological polar surface area (TPSA) is 121 Å². The summed E-state index contributed by atoms with van der Waals surface area (Å²) in [6.07, 6.45) is 1.60. The lowest BCUT2D eigenvalue weighted by molar-refractivity contribution is -0.120. The van der Waals surface area contributed by atoms with Crippen molar-refractivity contribution < 1.29 is 27.2 Å². The Kier molecular flexibility index (Phi) is 7.46. The molecule has 0 bridgehead atoms. The van der Waals surface area contributed by atoms with Crippen molar-refractivity contribution >= 4 is 35.2 Å². The standard InChI is InChI=1S/C8H18NO6PS2/c1-16(11,12)5-4-9-8(10)7(3-6-17-2)18(13,14)15/h7H,3-6H2,1-2H3,(H,9,10)(H,11,12)(H,13,14,15). The minimum Gasteiger partial charge on any atom is -0.354 e. The summed E-state index contributed by atoms with van der Waals surface area (Å²) in [4.78, 5) is 20.6. The average Bonchev–Trinajstić information content (AvgIpc) is 2.14. The van der Waals surface area contributed by atoms with E-state index in [0.29, 0.717) is 5.75 Å². The molecule has 10 heteroatoms. The Bertz CT molecular complexity index is 417. The SMILES string of the molecule is CSCCC(C(=O)NCCP(C)(=O)O)S(=O)(=O)O. The number of thioether (sulfide) groups is 1. The molecule has 7 nitrogen and oxygen atoms in total. The predicted octanol–water partition coefficient (Wildman–Crippen LogP) is 0.0123. The minimum absolute atomic E-state index is 0.00521. The van der Waals surface area contributed by atoms with Crippen molar-refractivity contribution in [3.05, 3.63) is 0 Å². The molecule has 0 fully saturated rings. The summed E-state index contributed by atoms with van der Waals surface area (Å²) >= 11 is 1.35. The van der Waals surface area contributed by atoms with E-state index in [1.54, 1.807) is 6.26 Å². The van der Waals surface area contributed by atoms with Crippen LogP contribution in [0, 0.1) is 0 Å². The van der Waals surface area contributed by atoms with Gasteiger partial charge in [0.1, 0.15) is 0 Å². The van der Waals surface area contributed by atoms with Crippen LogP contribution in [0.4, 0.5) is 0 Å². The van der Waals surface area contributed by atoms with Gasteiger partial charge in [0.05, 0.1) is 0 Å². The molecule has 0 saturated carbocycles. The Balaban J connectivity index is 4.45. The molecule has 0 aromatic carbocycles. The van der Waals surface area contributed by atoms with Gasteiger partial charge in [-0.15, -0.1) is 0 Å². The number of carbonyl (C=O) groups is 1. The molecule has 2 unspecified atom stereocenters. The van der Waals surface area contributed by atoms with Crippen LogP contribution in [0.5, 0.6) is 0 Å². The van der Waals surface area contributed by atoms with Crippen LogP contribution in [0.25, 0.3) is 0 Å². The van der Waals surface area contributed by atoms with E-state index < -0.39 is 28.6 Å². The molecule has 0 heterocycles. The van der Waals surface area contributed by atoms with Gasteiger partial charge in [0.2, 0.25) is 5.91 Å². The lowest BCUT2D eigenvalue weighted by Gasteiger charge is -2.14. The molecule has 1 amide bonds. The van der Waals surface area contributed by atoms with Crippen LogP contribution in [0.3, 0.4) is 0 Å². The highest BCUT2D eigenvalue weighted by Gasteiger charge is 2.30. The summed E-state index contributed by atoms with van der Waals surface area (Å²) in [5.74, 6) is -0.440. The van der Waals surface area contributed by atoms with Crippen LogP contribution < -0.4 is 5.32 Å². The number of carbonyl (C=O) groups excluding carboxylic acids is 1. The van der Waals surface area contributed by atoms with Crippen LogP contribution >= 0.6 is 19.1 Å². The van der Waals surface area contributed by atoms with Gasteiger partial charge >= 0.3 is 0 Å². The van der Waals surface area contributed by atoms with Crippen molar-refractivity contribution in [3.63, 3.8) is 0 Å². The maximum Gasteiger partial charge on any atom is 0.276 e. The van der Waals surface area contributed by atoms with Gasteiger partial charge in [-0.05, 0) is 18.4 Å². The molecule has 108 valence electrons. The molecular weight excluding hydrogens is 301 g/mol. The van der Waals surface area contributed by atoms with Crippen molar-refractivity contribution in [2.75, 3.05) is 31.4 Å². The first-order chi connectivity index (χ1) is 8.08. The molecule has 0 spiro atoms. The lowest BCUT2D eigenvalue weighted by atomic mass is 10.3. The maximum absolute atomic E-state index is 11.6. The van der Waals surface area contributed by atoms with Crippen molar-refractivity contribution in [2.45, 2.75) is 11.7 Å². The number of rotatable bonds is 8. The molecule has 0 rings (SSSR count). The summed E-state index contributed by atoms with van der Waals surface area (Å²) in [7, 11) is -7.70. The number of hydrogen-bond acceptors (Lipinski definition) is 5. The first kappa shape index (κ1) is 17.9. The van der Waals surface area contributed by atoms with Crippen LogP contribution in [-0.4, -0.2) is 60.4 Å². The monoisotopic (exact) mass is 319 g/mol. The predicted molar refractivity (Wildman–Crippen MR) is 72.0 cm³/mol. The van der Waals surface area contributed by atoms with Gasteiger partial charge in [0.15, 0.2) is 12.6 Å². The smallest absolute Gasteiger partial charge is 0.276 e. The van der Waals surface area contributed by atoms with E-state index in [4.69, 9.17) is 9.45 Å².